The van der Waals surface area contributed by atoms with Crippen LogP contribution < -0.4 is 16.4 Å². The second-order valence-corrected chi connectivity index (χ2v) is 5.25. The van der Waals surface area contributed by atoms with Crippen molar-refractivity contribution in [2.45, 2.75) is 19.4 Å². The van der Waals surface area contributed by atoms with Gasteiger partial charge in [0.05, 0.1) is 12.6 Å². The van der Waals surface area contributed by atoms with Crippen LogP contribution in [0.25, 0.3) is 0 Å². The molecule has 1 unspecified atom stereocenters. The summed E-state index contributed by atoms with van der Waals surface area (Å²) < 4.78 is 0. The molecule has 2 aromatic rings. The van der Waals surface area contributed by atoms with E-state index in [2.05, 4.69) is 22.2 Å². The van der Waals surface area contributed by atoms with Crippen LogP contribution in [0.1, 0.15) is 35.3 Å². The number of carbonyl (C=O) groups excluding carboxylic acids is 2. The number of nitrogen functional groups attached to an aromatic ring is 1. The Morgan fingerprint density at radius 1 is 1.08 bits per heavy atom. The summed E-state index contributed by atoms with van der Waals surface area (Å²) in [4.78, 5) is 24.0. The van der Waals surface area contributed by atoms with E-state index in [9.17, 15) is 9.59 Å². The first-order chi connectivity index (χ1) is 12.1. The highest BCUT2D eigenvalue weighted by Crippen LogP contribution is 2.15. The molecule has 2 aromatic carbocycles. The van der Waals surface area contributed by atoms with E-state index >= 15 is 0 Å². The van der Waals surface area contributed by atoms with Crippen molar-refractivity contribution in [3.63, 3.8) is 0 Å². The summed E-state index contributed by atoms with van der Waals surface area (Å²) in [6.45, 7) is 1.93. The molecule has 0 saturated heterocycles. The first-order valence-corrected chi connectivity index (χ1v) is 8.71. The fraction of sp³-hybridized carbons (Fsp3) is 0.263. The standard InChI is InChI=1S/C18H21N3O2.CH3Cl/c1-2-16(13-7-4-3-5-8-13)21-17(22)12-20-18(23)14-9-6-10-15(19)11-14;1-2/h3-11,16H,2,12,19H2,1H3,(H,20,23)(H,21,22);1H3. The first-order valence-electron chi connectivity index (χ1n) is 7.96. The zero-order valence-corrected chi connectivity index (χ0v) is 15.2. The van der Waals surface area contributed by atoms with Crippen molar-refractivity contribution >= 4 is 29.1 Å². The fourth-order valence-electron chi connectivity index (χ4n) is 2.29. The van der Waals surface area contributed by atoms with Crippen LogP contribution in [0.15, 0.2) is 54.6 Å². The third-order valence-electron chi connectivity index (χ3n) is 3.50. The Morgan fingerprint density at radius 3 is 2.36 bits per heavy atom. The predicted octanol–water partition coefficient (Wildman–Crippen LogP) is 3.12. The summed E-state index contributed by atoms with van der Waals surface area (Å²) >= 11 is 4.64. The molecule has 2 amide bonds. The normalized spacial score (nSPS) is 10.8. The average molecular weight is 362 g/mol. The van der Waals surface area contributed by atoms with Crippen LogP contribution in [0.4, 0.5) is 5.69 Å². The van der Waals surface area contributed by atoms with Gasteiger partial charge in [-0.1, -0.05) is 43.3 Å². The largest absolute Gasteiger partial charge is 0.399 e. The van der Waals surface area contributed by atoms with Gasteiger partial charge in [0.25, 0.3) is 5.91 Å². The number of halogens is 1. The summed E-state index contributed by atoms with van der Waals surface area (Å²) in [7, 11) is 0. The molecule has 4 N–H and O–H groups in total. The van der Waals surface area contributed by atoms with E-state index in [1.165, 1.54) is 6.38 Å². The minimum Gasteiger partial charge on any atom is -0.399 e. The summed E-state index contributed by atoms with van der Waals surface area (Å²) in [5.41, 5.74) is 7.64. The van der Waals surface area contributed by atoms with Crippen molar-refractivity contribution in [1.29, 1.82) is 0 Å². The molecule has 0 bridgehead atoms. The number of alkyl halides is 1. The van der Waals surface area contributed by atoms with Crippen molar-refractivity contribution < 1.29 is 9.59 Å². The SMILES string of the molecule is CCC(NC(=O)CNC(=O)c1cccc(N)c1)c1ccccc1.CCl. The second kappa shape index (κ2) is 11.1. The molecule has 0 radical (unpaired) electrons. The minimum absolute atomic E-state index is 0.0621. The van der Waals surface area contributed by atoms with Gasteiger partial charge in [0, 0.05) is 17.6 Å². The van der Waals surface area contributed by atoms with Gasteiger partial charge in [-0.2, -0.15) is 0 Å². The van der Waals surface area contributed by atoms with E-state index in [0.29, 0.717) is 11.3 Å². The molecule has 0 aliphatic heterocycles. The van der Waals surface area contributed by atoms with E-state index in [1.807, 2.05) is 37.3 Å². The van der Waals surface area contributed by atoms with Gasteiger partial charge in [-0.25, -0.2) is 0 Å². The third-order valence-corrected chi connectivity index (χ3v) is 3.50. The second-order valence-electron chi connectivity index (χ2n) is 5.25. The van der Waals surface area contributed by atoms with Gasteiger partial charge in [0.1, 0.15) is 0 Å². The van der Waals surface area contributed by atoms with E-state index in [1.54, 1.807) is 24.3 Å². The van der Waals surface area contributed by atoms with Crippen LogP contribution in [-0.4, -0.2) is 24.7 Å². The summed E-state index contributed by atoms with van der Waals surface area (Å²) in [5.74, 6) is -0.543. The lowest BCUT2D eigenvalue weighted by Crippen LogP contribution is -2.38. The highest BCUT2D eigenvalue weighted by atomic mass is 35.5. The Morgan fingerprint density at radius 2 is 1.76 bits per heavy atom. The number of benzene rings is 2. The molecule has 1 atom stereocenters. The maximum Gasteiger partial charge on any atom is 0.251 e. The number of carbonyl (C=O) groups is 2. The van der Waals surface area contributed by atoms with E-state index in [0.717, 1.165) is 12.0 Å². The maximum absolute atomic E-state index is 12.0. The maximum atomic E-state index is 12.0. The molecule has 0 spiro atoms. The van der Waals surface area contributed by atoms with Crippen LogP contribution in [0.5, 0.6) is 0 Å². The molecule has 0 heterocycles. The Hall–Kier alpha value is -2.53. The minimum atomic E-state index is -0.319. The number of anilines is 1. The molecule has 5 nitrogen and oxygen atoms in total. The number of nitrogens with two attached hydrogens (primary N) is 1. The van der Waals surface area contributed by atoms with E-state index < -0.39 is 0 Å². The van der Waals surface area contributed by atoms with Crippen molar-refractivity contribution in [1.82, 2.24) is 10.6 Å². The number of hydrogen-bond acceptors (Lipinski definition) is 3. The summed E-state index contributed by atoms with van der Waals surface area (Å²) in [5, 5.41) is 5.52. The molecule has 6 heteroatoms. The van der Waals surface area contributed by atoms with Crippen molar-refractivity contribution in [3.05, 3.63) is 65.7 Å². The van der Waals surface area contributed by atoms with Crippen LogP contribution >= 0.6 is 11.6 Å². The molecule has 0 aromatic heterocycles. The first kappa shape index (κ1) is 20.5. The Bertz CT molecular complexity index is 677. The van der Waals surface area contributed by atoms with E-state index in [-0.39, 0.29) is 24.4 Å². The van der Waals surface area contributed by atoms with Gasteiger partial charge in [0.2, 0.25) is 5.91 Å². The van der Waals surface area contributed by atoms with Crippen molar-refractivity contribution in [2.75, 3.05) is 18.7 Å². The molecular formula is C19H24ClN3O2. The van der Waals surface area contributed by atoms with Gasteiger partial charge in [-0.15, -0.1) is 11.6 Å². The molecule has 0 aliphatic rings. The number of amides is 2. The van der Waals surface area contributed by atoms with Crippen LogP contribution in [0, 0.1) is 0 Å². The lowest BCUT2D eigenvalue weighted by atomic mass is 10.0. The summed E-state index contributed by atoms with van der Waals surface area (Å²) in [6.07, 6.45) is 2.25. The lowest BCUT2D eigenvalue weighted by Gasteiger charge is -2.17. The zero-order chi connectivity index (χ0) is 18.7. The van der Waals surface area contributed by atoms with Gasteiger partial charge >= 0.3 is 0 Å². The molecule has 0 saturated carbocycles. The molecule has 134 valence electrons. The lowest BCUT2D eigenvalue weighted by molar-refractivity contribution is -0.120. The molecule has 0 fully saturated rings. The number of rotatable bonds is 6. The highest BCUT2D eigenvalue weighted by molar-refractivity contribution is 6.15. The van der Waals surface area contributed by atoms with Gasteiger partial charge < -0.3 is 16.4 Å². The number of nitrogens with one attached hydrogen (secondary N) is 2. The topological polar surface area (TPSA) is 84.2 Å². The fourth-order valence-corrected chi connectivity index (χ4v) is 2.29. The monoisotopic (exact) mass is 361 g/mol. The van der Waals surface area contributed by atoms with Crippen LogP contribution in [0.2, 0.25) is 0 Å². The highest BCUT2D eigenvalue weighted by Gasteiger charge is 2.13. The average Bonchev–Trinajstić information content (AvgIpc) is 2.66. The van der Waals surface area contributed by atoms with Crippen LogP contribution in [-0.2, 0) is 4.79 Å². The Kier molecular flexibility index (Phi) is 9.11. The third kappa shape index (κ3) is 6.85. The molecule has 25 heavy (non-hydrogen) atoms. The molecular weight excluding hydrogens is 338 g/mol. The Labute approximate surface area is 153 Å². The smallest absolute Gasteiger partial charge is 0.251 e. The molecule has 2 rings (SSSR count). The Balaban J connectivity index is 0.00000151. The van der Waals surface area contributed by atoms with Crippen molar-refractivity contribution in [3.8, 4) is 0 Å². The van der Waals surface area contributed by atoms with Crippen LogP contribution in [0.3, 0.4) is 0 Å². The van der Waals surface area contributed by atoms with Gasteiger partial charge in [0.15, 0.2) is 0 Å². The zero-order valence-electron chi connectivity index (χ0n) is 14.5. The van der Waals surface area contributed by atoms with Gasteiger partial charge in [-0.3, -0.25) is 9.59 Å². The summed E-state index contributed by atoms with van der Waals surface area (Å²) in [6, 6.07) is 16.3. The van der Waals surface area contributed by atoms with E-state index in [4.69, 9.17) is 5.73 Å². The molecule has 0 aliphatic carbocycles. The van der Waals surface area contributed by atoms with Crippen molar-refractivity contribution in [2.24, 2.45) is 0 Å². The predicted molar refractivity (Wildman–Crippen MR) is 103 cm³/mol. The van der Waals surface area contributed by atoms with Gasteiger partial charge in [-0.05, 0) is 30.2 Å². The number of hydrogen-bond donors (Lipinski definition) is 3. The quantitative estimate of drug-likeness (QED) is 0.546.